The van der Waals surface area contributed by atoms with Crippen LogP contribution in [0.5, 0.6) is 5.75 Å². The Morgan fingerprint density at radius 3 is 2.82 bits per heavy atom. The second-order valence-electron chi connectivity index (χ2n) is 5.32. The van der Waals surface area contributed by atoms with E-state index in [0.717, 1.165) is 28.3 Å². The normalized spacial score (nSPS) is 14.3. The van der Waals surface area contributed by atoms with Gasteiger partial charge in [0.05, 0.1) is 31.7 Å². The predicted octanol–water partition coefficient (Wildman–Crippen LogP) is 1.40. The average molecular weight is 301 g/mol. The van der Waals surface area contributed by atoms with Gasteiger partial charge in [0.1, 0.15) is 5.75 Å². The molecule has 22 heavy (non-hydrogen) atoms. The number of ether oxygens (including phenoxy) is 2. The van der Waals surface area contributed by atoms with Gasteiger partial charge in [0.15, 0.2) is 5.69 Å². The van der Waals surface area contributed by atoms with E-state index in [-0.39, 0.29) is 0 Å². The van der Waals surface area contributed by atoms with Gasteiger partial charge in [-0.3, -0.25) is 4.79 Å². The van der Waals surface area contributed by atoms with E-state index < -0.39 is 5.91 Å². The van der Waals surface area contributed by atoms with Crippen molar-refractivity contribution in [3.8, 4) is 11.4 Å². The van der Waals surface area contributed by atoms with Gasteiger partial charge >= 0.3 is 0 Å². The Morgan fingerprint density at radius 2 is 2.14 bits per heavy atom. The number of methoxy groups -OCH3 is 1. The third-order valence-electron chi connectivity index (χ3n) is 3.93. The highest BCUT2D eigenvalue weighted by molar-refractivity contribution is 5.92. The number of amides is 1. The maximum atomic E-state index is 11.7. The first-order valence-electron chi connectivity index (χ1n) is 7.25. The van der Waals surface area contributed by atoms with Gasteiger partial charge in [-0.2, -0.15) is 5.10 Å². The molecule has 0 spiro atoms. The minimum atomic E-state index is -0.498. The summed E-state index contributed by atoms with van der Waals surface area (Å²) in [5.74, 6) is 0.322. The minimum Gasteiger partial charge on any atom is -0.496 e. The lowest BCUT2D eigenvalue weighted by molar-refractivity contribution is 0.0993. The van der Waals surface area contributed by atoms with Crippen LogP contribution in [0.2, 0.25) is 0 Å². The quantitative estimate of drug-likeness (QED) is 0.929. The molecule has 1 aliphatic heterocycles. The van der Waals surface area contributed by atoms with Gasteiger partial charge in [-0.25, -0.2) is 4.68 Å². The van der Waals surface area contributed by atoms with Crippen LogP contribution in [0.25, 0.3) is 5.69 Å². The Morgan fingerprint density at radius 1 is 1.36 bits per heavy atom. The zero-order valence-electron chi connectivity index (χ0n) is 12.8. The van der Waals surface area contributed by atoms with Crippen LogP contribution in [0.3, 0.4) is 0 Å². The average Bonchev–Trinajstić information content (AvgIpc) is 2.69. The van der Waals surface area contributed by atoms with Crippen LogP contribution < -0.4 is 10.5 Å². The summed E-state index contributed by atoms with van der Waals surface area (Å²) in [6.07, 6.45) is 1.36. The van der Waals surface area contributed by atoms with Gasteiger partial charge in [-0.15, -0.1) is 0 Å². The molecule has 0 unspecified atom stereocenters. The summed E-state index contributed by atoms with van der Waals surface area (Å²) < 4.78 is 12.6. The molecule has 1 aliphatic rings. The summed E-state index contributed by atoms with van der Waals surface area (Å²) in [6.45, 7) is 3.18. The highest BCUT2D eigenvalue weighted by Crippen LogP contribution is 2.25. The summed E-state index contributed by atoms with van der Waals surface area (Å²) in [6, 6.07) is 5.81. The number of benzene rings is 1. The fourth-order valence-electron chi connectivity index (χ4n) is 2.86. The summed E-state index contributed by atoms with van der Waals surface area (Å²) in [5.41, 5.74) is 9.62. The first kappa shape index (κ1) is 14.6. The molecule has 0 bridgehead atoms. The molecule has 0 saturated heterocycles. The molecule has 0 aliphatic carbocycles. The number of carbonyl (C=O) groups excluding carboxylic acids is 1. The van der Waals surface area contributed by atoms with Crippen molar-refractivity contribution in [1.29, 1.82) is 0 Å². The summed E-state index contributed by atoms with van der Waals surface area (Å²) in [5, 5.41) is 4.45. The number of rotatable bonds is 3. The minimum absolute atomic E-state index is 0.342. The fraction of sp³-hybridized carbons (Fsp3) is 0.375. The SMILES string of the molecule is COc1ccc(-n2nc(C(N)=O)c3c2CCOCC3)cc1C. The molecule has 116 valence electrons. The lowest BCUT2D eigenvalue weighted by Crippen LogP contribution is -2.15. The first-order valence-corrected chi connectivity index (χ1v) is 7.25. The van der Waals surface area contributed by atoms with Crippen molar-refractivity contribution in [1.82, 2.24) is 9.78 Å². The maximum Gasteiger partial charge on any atom is 0.269 e. The van der Waals surface area contributed by atoms with Gasteiger partial charge in [-0.05, 0) is 37.1 Å². The summed E-state index contributed by atoms with van der Waals surface area (Å²) >= 11 is 0. The molecule has 2 aromatic rings. The van der Waals surface area contributed by atoms with Crippen molar-refractivity contribution in [2.24, 2.45) is 5.73 Å². The zero-order chi connectivity index (χ0) is 15.7. The van der Waals surface area contributed by atoms with Crippen LogP contribution in [0.1, 0.15) is 27.3 Å². The van der Waals surface area contributed by atoms with E-state index >= 15 is 0 Å². The number of nitrogens with zero attached hydrogens (tertiary/aromatic N) is 2. The van der Waals surface area contributed by atoms with Crippen LogP contribution in [-0.2, 0) is 17.6 Å². The van der Waals surface area contributed by atoms with Crippen molar-refractivity contribution >= 4 is 5.91 Å². The first-order chi connectivity index (χ1) is 10.6. The van der Waals surface area contributed by atoms with Gasteiger partial charge < -0.3 is 15.2 Å². The van der Waals surface area contributed by atoms with Crippen molar-refractivity contribution < 1.29 is 14.3 Å². The standard InChI is InChI=1S/C16H19N3O3/c1-10-9-11(3-4-14(10)21-2)19-13-6-8-22-7-5-12(13)15(18-19)16(17)20/h3-4,9H,5-8H2,1-2H3,(H2,17,20). The number of hydrogen-bond donors (Lipinski definition) is 1. The van der Waals surface area contributed by atoms with Crippen molar-refractivity contribution in [2.45, 2.75) is 19.8 Å². The molecule has 1 amide bonds. The van der Waals surface area contributed by atoms with E-state index in [0.29, 0.717) is 31.7 Å². The Hall–Kier alpha value is -2.34. The third-order valence-corrected chi connectivity index (χ3v) is 3.93. The predicted molar refractivity (Wildman–Crippen MR) is 81.6 cm³/mol. The van der Waals surface area contributed by atoms with Gasteiger partial charge in [0.25, 0.3) is 5.91 Å². The Bertz CT molecular complexity index is 722. The highest BCUT2D eigenvalue weighted by Gasteiger charge is 2.23. The number of nitrogens with two attached hydrogens (primary N) is 1. The van der Waals surface area contributed by atoms with E-state index in [9.17, 15) is 4.79 Å². The zero-order valence-corrected chi connectivity index (χ0v) is 12.8. The Kier molecular flexibility index (Phi) is 3.85. The van der Waals surface area contributed by atoms with Gasteiger partial charge in [0.2, 0.25) is 0 Å². The lowest BCUT2D eigenvalue weighted by atomic mass is 10.1. The van der Waals surface area contributed by atoms with E-state index in [1.165, 1.54) is 0 Å². The van der Waals surface area contributed by atoms with E-state index in [1.807, 2.05) is 25.1 Å². The Labute approximate surface area is 128 Å². The molecule has 6 heteroatoms. The molecule has 2 heterocycles. The topological polar surface area (TPSA) is 79.4 Å². The molecule has 0 atom stereocenters. The van der Waals surface area contributed by atoms with Crippen molar-refractivity contribution in [3.63, 3.8) is 0 Å². The van der Waals surface area contributed by atoms with Crippen molar-refractivity contribution in [2.75, 3.05) is 20.3 Å². The molecule has 3 rings (SSSR count). The van der Waals surface area contributed by atoms with E-state index in [4.69, 9.17) is 15.2 Å². The number of fused-ring (bicyclic) bond motifs is 1. The van der Waals surface area contributed by atoms with Gasteiger partial charge in [0, 0.05) is 12.0 Å². The Balaban J connectivity index is 2.14. The summed E-state index contributed by atoms with van der Waals surface area (Å²) in [7, 11) is 1.64. The largest absolute Gasteiger partial charge is 0.496 e. The molecule has 1 aromatic heterocycles. The van der Waals surface area contributed by atoms with Crippen LogP contribution in [0, 0.1) is 6.92 Å². The van der Waals surface area contributed by atoms with E-state index in [1.54, 1.807) is 11.8 Å². The van der Waals surface area contributed by atoms with Crippen LogP contribution >= 0.6 is 0 Å². The molecule has 1 aromatic carbocycles. The number of aryl methyl sites for hydroxylation is 1. The number of aromatic nitrogens is 2. The third kappa shape index (κ3) is 2.46. The van der Waals surface area contributed by atoms with Crippen LogP contribution in [0.4, 0.5) is 0 Å². The molecule has 0 saturated carbocycles. The maximum absolute atomic E-state index is 11.7. The summed E-state index contributed by atoms with van der Waals surface area (Å²) in [4.78, 5) is 11.7. The van der Waals surface area contributed by atoms with E-state index in [2.05, 4.69) is 5.10 Å². The van der Waals surface area contributed by atoms with Crippen molar-refractivity contribution in [3.05, 3.63) is 40.7 Å². The molecule has 0 radical (unpaired) electrons. The monoisotopic (exact) mass is 301 g/mol. The molecular weight excluding hydrogens is 282 g/mol. The molecule has 2 N–H and O–H groups in total. The lowest BCUT2D eigenvalue weighted by Gasteiger charge is -2.10. The highest BCUT2D eigenvalue weighted by atomic mass is 16.5. The van der Waals surface area contributed by atoms with Gasteiger partial charge in [-0.1, -0.05) is 0 Å². The smallest absolute Gasteiger partial charge is 0.269 e. The number of carbonyl (C=O) groups is 1. The number of hydrogen-bond acceptors (Lipinski definition) is 4. The van der Waals surface area contributed by atoms with Crippen LogP contribution in [0.15, 0.2) is 18.2 Å². The second kappa shape index (κ2) is 5.81. The molecule has 0 fully saturated rings. The van der Waals surface area contributed by atoms with Crippen LogP contribution in [-0.4, -0.2) is 36.0 Å². The molecular formula is C16H19N3O3. The number of primary amides is 1. The molecule has 6 nitrogen and oxygen atoms in total. The fourth-order valence-corrected chi connectivity index (χ4v) is 2.86. The second-order valence-corrected chi connectivity index (χ2v) is 5.32.